The summed E-state index contributed by atoms with van der Waals surface area (Å²) in [6, 6.07) is 11.2. The van der Waals surface area contributed by atoms with Crippen molar-refractivity contribution in [3.8, 4) is 0 Å². The van der Waals surface area contributed by atoms with E-state index in [-0.39, 0.29) is 0 Å². The monoisotopic (exact) mass is 555 g/mol. The number of benzene rings is 2. The number of hydrogen-bond donors (Lipinski definition) is 2. The van der Waals surface area contributed by atoms with Crippen molar-refractivity contribution in [1.29, 1.82) is 0 Å². The number of aromatic nitrogens is 2. The molecule has 0 radical (unpaired) electrons. The van der Waals surface area contributed by atoms with Gasteiger partial charge in [0.2, 0.25) is 5.95 Å². The highest BCUT2D eigenvalue weighted by molar-refractivity contribution is 5.91. The molecular formula is C34H49N7. The molecule has 3 heterocycles. The molecule has 7 nitrogen and oxygen atoms in total. The molecule has 2 aromatic carbocycles. The van der Waals surface area contributed by atoms with E-state index in [2.05, 4.69) is 76.7 Å². The van der Waals surface area contributed by atoms with Crippen molar-refractivity contribution in [2.45, 2.75) is 64.2 Å². The lowest BCUT2D eigenvalue weighted by atomic mass is 9.91. The molecule has 0 amide bonds. The average Bonchev–Trinajstić information content (AvgIpc) is 3.53. The Labute approximate surface area is 246 Å². The SMILES string of the molecule is Cc1cc(N(C)C)c(C2CCCC2)c2nc(Nc3ccc(N4CCC(CCCN5CCNCC5)CC4)cc3)ncc12. The maximum atomic E-state index is 5.13. The van der Waals surface area contributed by atoms with Crippen LogP contribution in [0.25, 0.3) is 10.9 Å². The highest BCUT2D eigenvalue weighted by Crippen LogP contribution is 2.43. The lowest BCUT2D eigenvalue weighted by Gasteiger charge is -2.34. The van der Waals surface area contributed by atoms with Crippen molar-refractivity contribution < 1.29 is 0 Å². The summed E-state index contributed by atoms with van der Waals surface area (Å²) >= 11 is 0. The van der Waals surface area contributed by atoms with Crippen molar-refractivity contribution in [3.63, 3.8) is 0 Å². The number of rotatable bonds is 9. The van der Waals surface area contributed by atoms with Crippen LogP contribution in [-0.2, 0) is 0 Å². The summed E-state index contributed by atoms with van der Waals surface area (Å²) in [5, 5.41) is 8.14. The third-order valence-corrected chi connectivity index (χ3v) is 9.74. The van der Waals surface area contributed by atoms with Crippen molar-refractivity contribution in [1.82, 2.24) is 20.2 Å². The van der Waals surface area contributed by atoms with Crippen LogP contribution >= 0.6 is 0 Å². The van der Waals surface area contributed by atoms with E-state index in [1.54, 1.807) is 0 Å². The number of nitrogens with one attached hydrogen (secondary N) is 2. The van der Waals surface area contributed by atoms with Gasteiger partial charge < -0.3 is 25.3 Å². The van der Waals surface area contributed by atoms with Gasteiger partial charge in [-0.15, -0.1) is 0 Å². The Morgan fingerprint density at radius 2 is 1.71 bits per heavy atom. The highest BCUT2D eigenvalue weighted by Gasteiger charge is 2.25. The molecule has 7 heteroatoms. The molecule has 2 saturated heterocycles. The van der Waals surface area contributed by atoms with Crippen LogP contribution in [0, 0.1) is 12.8 Å². The fourth-order valence-corrected chi connectivity index (χ4v) is 7.31. The van der Waals surface area contributed by atoms with Crippen LogP contribution in [0.1, 0.15) is 68.4 Å². The quantitative estimate of drug-likeness (QED) is 0.321. The third-order valence-electron chi connectivity index (χ3n) is 9.74. The fraction of sp³-hybridized carbons (Fsp3) is 0.588. The molecule has 0 spiro atoms. The van der Waals surface area contributed by atoms with E-state index in [0.717, 1.165) is 43.3 Å². The van der Waals surface area contributed by atoms with Gasteiger partial charge in [0.25, 0.3) is 0 Å². The van der Waals surface area contributed by atoms with Gasteiger partial charge in [-0.05, 0) is 99.7 Å². The first-order valence-electron chi connectivity index (χ1n) is 16.1. The van der Waals surface area contributed by atoms with Crippen LogP contribution in [0.2, 0.25) is 0 Å². The summed E-state index contributed by atoms with van der Waals surface area (Å²) in [5.41, 5.74) is 7.43. The average molecular weight is 556 g/mol. The minimum atomic E-state index is 0.578. The summed E-state index contributed by atoms with van der Waals surface area (Å²) in [6.45, 7) is 10.5. The van der Waals surface area contributed by atoms with Crippen LogP contribution in [0.15, 0.2) is 36.5 Å². The van der Waals surface area contributed by atoms with Gasteiger partial charge in [-0.3, -0.25) is 0 Å². The fourth-order valence-electron chi connectivity index (χ4n) is 7.31. The number of piperidine rings is 1. The molecule has 1 aromatic heterocycles. The minimum absolute atomic E-state index is 0.578. The van der Waals surface area contributed by atoms with Crippen LogP contribution in [0.4, 0.5) is 23.0 Å². The molecule has 1 aliphatic carbocycles. The number of hydrogen-bond acceptors (Lipinski definition) is 7. The number of fused-ring (bicyclic) bond motifs is 1. The lowest BCUT2D eigenvalue weighted by molar-refractivity contribution is 0.227. The van der Waals surface area contributed by atoms with Crippen LogP contribution < -0.4 is 20.4 Å². The van der Waals surface area contributed by atoms with Crippen molar-refractivity contribution in [3.05, 3.63) is 47.7 Å². The molecule has 41 heavy (non-hydrogen) atoms. The van der Waals surface area contributed by atoms with Gasteiger partial charge >= 0.3 is 0 Å². The Bertz CT molecular complexity index is 1280. The van der Waals surface area contributed by atoms with Gasteiger partial charge in [-0.2, -0.15) is 0 Å². The molecule has 220 valence electrons. The van der Waals surface area contributed by atoms with E-state index >= 15 is 0 Å². The zero-order valence-electron chi connectivity index (χ0n) is 25.5. The van der Waals surface area contributed by atoms with E-state index in [4.69, 9.17) is 9.97 Å². The Balaban J connectivity index is 1.08. The van der Waals surface area contributed by atoms with Crippen LogP contribution in [0.3, 0.4) is 0 Å². The van der Waals surface area contributed by atoms with Crippen LogP contribution in [0.5, 0.6) is 0 Å². The summed E-state index contributed by atoms with van der Waals surface area (Å²) in [6.07, 6.45) is 12.5. The second-order valence-corrected chi connectivity index (χ2v) is 12.8. The van der Waals surface area contributed by atoms with Gasteiger partial charge in [0.15, 0.2) is 0 Å². The first-order valence-corrected chi connectivity index (χ1v) is 16.1. The molecule has 6 rings (SSSR count). The minimum Gasteiger partial charge on any atom is -0.377 e. The maximum absolute atomic E-state index is 5.13. The van der Waals surface area contributed by atoms with E-state index in [1.165, 1.54) is 98.9 Å². The van der Waals surface area contributed by atoms with Crippen molar-refractivity contribution >= 4 is 33.9 Å². The molecule has 0 unspecified atom stereocenters. The second-order valence-electron chi connectivity index (χ2n) is 12.8. The Morgan fingerprint density at radius 1 is 0.976 bits per heavy atom. The summed E-state index contributed by atoms with van der Waals surface area (Å²) < 4.78 is 0. The van der Waals surface area contributed by atoms with Gasteiger partial charge in [0.1, 0.15) is 0 Å². The predicted molar refractivity (Wildman–Crippen MR) is 173 cm³/mol. The highest BCUT2D eigenvalue weighted by atomic mass is 15.2. The maximum Gasteiger partial charge on any atom is 0.227 e. The lowest BCUT2D eigenvalue weighted by Crippen LogP contribution is -2.43. The molecule has 0 atom stereocenters. The normalized spacial score (nSPS) is 19.2. The second kappa shape index (κ2) is 13.0. The largest absolute Gasteiger partial charge is 0.377 e. The first-order chi connectivity index (χ1) is 20.0. The smallest absolute Gasteiger partial charge is 0.227 e. The number of anilines is 4. The van der Waals surface area contributed by atoms with Gasteiger partial charge in [-0.25, -0.2) is 9.97 Å². The molecular weight excluding hydrogens is 506 g/mol. The van der Waals surface area contributed by atoms with Gasteiger partial charge in [-0.1, -0.05) is 12.8 Å². The zero-order chi connectivity index (χ0) is 28.2. The molecule has 2 aliphatic heterocycles. The number of piperazine rings is 1. The standard InChI is InChI=1S/C34H49N7/c1-25-23-31(39(2)3)32(27-8-4-5-9-27)33-30(25)24-36-34(38-33)37-28-10-12-29(13-11-28)41-19-14-26(15-20-41)7-6-18-40-21-16-35-17-22-40/h10-13,23-24,26-27,35H,4-9,14-22H2,1-3H3,(H,36,37,38). The first kappa shape index (κ1) is 28.2. The topological polar surface area (TPSA) is 59.6 Å². The zero-order valence-corrected chi connectivity index (χ0v) is 25.5. The summed E-state index contributed by atoms with van der Waals surface area (Å²) in [5.74, 6) is 2.14. The molecule has 3 aliphatic rings. The van der Waals surface area contributed by atoms with E-state index in [1.807, 2.05) is 6.20 Å². The van der Waals surface area contributed by atoms with E-state index in [9.17, 15) is 0 Å². The molecule has 3 fully saturated rings. The summed E-state index contributed by atoms with van der Waals surface area (Å²) in [7, 11) is 4.30. The summed E-state index contributed by atoms with van der Waals surface area (Å²) in [4.78, 5) is 17.3. The Kier molecular flexibility index (Phi) is 8.92. The Morgan fingerprint density at radius 3 is 2.41 bits per heavy atom. The third kappa shape index (κ3) is 6.62. The van der Waals surface area contributed by atoms with E-state index < -0.39 is 0 Å². The van der Waals surface area contributed by atoms with E-state index in [0.29, 0.717) is 11.9 Å². The molecule has 3 aromatic rings. The van der Waals surface area contributed by atoms with Crippen molar-refractivity contribution in [2.75, 3.05) is 75.0 Å². The Hall–Kier alpha value is -2.90. The molecule has 2 N–H and O–H groups in total. The molecule has 1 saturated carbocycles. The number of aryl methyl sites for hydroxylation is 1. The van der Waals surface area contributed by atoms with Gasteiger partial charge in [0, 0.05) is 87.6 Å². The van der Waals surface area contributed by atoms with Crippen molar-refractivity contribution in [2.24, 2.45) is 5.92 Å². The molecule has 0 bridgehead atoms. The predicted octanol–water partition coefficient (Wildman–Crippen LogP) is 6.31. The number of nitrogens with zero attached hydrogens (tertiary/aromatic N) is 5. The van der Waals surface area contributed by atoms with Crippen LogP contribution in [-0.4, -0.2) is 74.8 Å². The van der Waals surface area contributed by atoms with Gasteiger partial charge in [0.05, 0.1) is 5.52 Å².